The van der Waals surface area contributed by atoms with Gasteiger partial charge < -0.3 is 10.4 Å². The van der Waals surface area contributed by atoms with Gasteiger partial charge in [0.05, 0.1) is 0 Å². The molecule has 0 saturated heterocycles. The monoisotopic (exact) mass is 372 g/mol. The summed E-state index contributed by atoms with van der Waals surface area (Å²) in [5, 5.41) is 13.0. The molecule has 0 saturated carbocycles. The number of carbonyl (C=O) groups is 1. The van der Waals surface area contributed by atoms with Crippen LogP contribution in [0.3, 0.4) is 0 Å². The number of carbonyl (C=O) groups excluding carboxylic acids is 1. The predicted octanol–water partition coefficient (Wildman–Crippen LogP) is 2.51. The second-order valence-corrected chi connectivity index (χ2v) is 5.34. The van der Waals surface area contributed by atoms with Crippen LogP contribution in [0.2, 0.25) is 0 Å². The van der Waals surface area contributed by atoms with Crippen molar-refractivity contribution < 1.29 is 42.6 Å². The SMILES string of the molecule is Cc1[c-]cc(NC(=O)[C@@](C)(O)CCc2ccncc2)cc1.[Y]. The number of nitrogens with one attached hydrogen (secondary N) is 1. The molecule has 0 unspecified atom stereocenters. The first-order valence-corrected chi connectivity index (χ1v) is 6.88. The van der Waals surface area contributed by atoms with Gasteiger partial charge in [0.1, 0.15) is 5.60 Å². The van der Waals surface area contributed by atoms with Crippen LogP contribution in [0.15, 0.2) is 42.7 Å². The molecule has 1 aromatic heterocycles. The zero-order valence-electron chi connectivity index (χ0n) is 12.8. The Balaban J connectivity index is 0.00000242. The number of amides is 1. The van der Waals surface area contributed by atoms with E-state index < -0.39 is 11.5 Å². The molecule has 1 atom stereocenters. The summed E-state index contributed by atoms with van der Waals surface area (Å²) in [6, 6.07) is 12.1. The summed E-state index contributed by atoms with van der Waals surface area (Å²) in [7, 11) is 0. The van der Waals surface area contributed by atoms with Crippen LogP contribution in [0.5, 0.6) is 0 Å². The van der Waals surface area contributed by atoms with Crippen molar-refractivity contribution >= 4 is 11.6 Å². The fraction of sp³-hybridized carbons (Fsp3) is 0.294. The van der Waals surface area contributed by atoms with Gasteiger partial charge in [0.15, 0.2) is 0 Å². The van der Waals surface area contributed by atoms with Crippen molar-refractivity contribution in [3.8, 4) is 0 Å². The van der Waals surface area contributed by atoms with Crippen molar-refractivity contribution in [2.75, 3.05) is 5.32 Å². The van der Waals surface area contributed by atoms with Crippen molar-refractivity contribution in [1.82, 2.24) is 4.98 Å². The molecule has 1 heterocycles. The van der Waals surface area contributed by atoms with E-state index in [1.165, 1.54) is 6.92 Å². The topological polar surface area (TPSA) is 62.2 Å². The Morgan fingerprint density at radius 3 is 2.59 bits per heavy atom. The number of benzene rings is 1. The molecular weight excluding hydrogens is 353 g/mol. The maximum absolute atomic E-state index is 12.2. The number of aryl methyl sites for hydroxylation is 2. The normalized spacial score (nSPS) is 12.9. The smallest absolute Gasteiger partial charge is 0.245 e. The van der Waals surface area contributed by atoms with E-state index in [4.69, 9.17) is 0 Å². The van der Waals surface area contributed by atoms with Crippen molar-refractivity contribution in [1.29, 1.82) is 0 Å². The molecule has 22 heavy (non-hydrogen) atoms. The van der Waals surface area contributed by atoms with Crippen molar-refractivity contribution in [3.05, 3.63) is 59.9 Å². The molecule has 0 aliphatic rings. The van der Waals surface area contributed by atoms with Gasteiger partial charge in [0.25, 0.3) is 0 Å². The zero-order valence-corrected chi connectivity index (χ0v) is 15.7. The number of anilines is 1. The van der Waals surface area contributed by atoms with Crippen LogP contribution in [0.1, 0.15) is 24.5 Å². The van der Waals surface area contributed by atoms with Crippen LogP contribution >= 0.6 is 0 Å². The van der Waals surface area contributed by atoms with E-state index in [1.54, 1.807) is 24.5 Å². The Hall–Kier alpha value is -1.10. The van der Waals surface area contributed by atoms with Gasteiger partial charge in [-0.3, -0.25) is 9.78 Å². The minimum Gasteiger partial charge on any atom is -0.380 e. The third-order valence-corrected chi connectivity index (χ3v) is 3.37. The summed E-state index contributed by atoms with van der Waals surface area (Å²) in [5.41, 5.74) is 1.25. The summed E-state index contributed by atoms with van der Waals surface area (Å²) < 4.78 is 0. The fourth-order valence-electron chi connectivity index (χ4n) is 1.90. The van der Waals surface area contributed by atoms with E-state index in [9.17, 15) is 9.90 Å². The standard InChI is InChI=1S/C17H19N2O2.Y/c1-13-3-5-15(6-4-13)19-16(20)17(2,21)10-7-14-8-11-18-12-9-14;/h3,5-6,8-9,11-12,21H,7,10H2,1-2H3,(H,19,20);/q-1;/t17-;/m0./s1. The molecule has 0 aliphatic heterocycles. The average molecular weight is 372 g/mol. The van der Waals surface area contributed by atoms with E-state index in [2.05, 4.69) is 16.4 Å². The molecule has 0 spiro atoms. The Labute approximate surface area is 156 Å². The van der Waals surface area contributed by atoms with Crippen LogP contribution in [0, 0.1) is 13.0 Å². The summed E-state index contributed by atoms with van der Waals surface area (Å²) in [5.74, 6) is -0.409. The average Bonchev–Trinajstić information content (AvgIpc) is 2.48. The molecule has 1 radical (unpaired) electrons. The third kappa shape index (κ3) is 5.60. The van der Waals surface area contributed by atoms with Crippen LogP contribution in [0.4, 0.5) is 5.69 Å². The van der Waals surface area contributed by atoms with Crippen molar-refractivity contribution in [3.63, 3.8) is 0 Å². The van der Waals surface area contributed by atoms with Gasteiger partial charge in [0.2, 0.25) is 5.91 Å². The summed E-state index contributed by atoms with van der Waals surface area (Å²) >= 11 is 0. The van der Waals surface area contributed by atoms with Gasteiger partial charge in [-0.25, -0.2) is 0 Å². The van der Waals surface area contributed by atoms with Crippen LogP contribution < -0.4 is 5.32 Å². The number of nitrogens with zero attached hydrogens (tertiary/aromatic N) is 1. The number of rotatable bonds is 5. The maximum Gasteiger partial charge on any atom is 0.245 e. The first-order chi connectivity index (χ1) is 9.97. The molecule has 5 heteroatoms. The van der Waals surface area contributed by atoms with Crippen LogP contribution in [-0.4, -0.2) is 21.6 Å². The molecule has 2 aromatic rings. The van der Waals surface area contributed by atoms with Gasteiger partial charge in [-0.05, 0) is 37.5 Å². The molecule has 1 amide bonds. The molecular formula is C17H19N2O2Y-. The Bertz CT molecular complexity index is 598. The minimum atomic E-state index is -1.42. The minimum absolute atomic E-state index is 0. The quantitative estimate of drug-likeness (QED) is 0.793. The Kier molecular flexibility index (Phi) is 7.33. The fourth-order valence-corrected chi connectivity index (χ4v) is 1.90. The first-order valence-electron chi connectivity index (χ1n) is 6.88. The molecule has 4 nitrogen and oxygen atoms in total. The molecule has 2 N–H and O–H groups in total. The predicted molar refractivity (Wildman–Crippen MR) is 81.8 cm³/mol. The van der Waals surface area contributed by atoms with Gasteiger partial charge in [-0.1, -0.05) is 12.6 Å². The zero-order chi connectivity index (χ0) is 15.3. The molecule has 2 rings (SSSR count). The largest absolute Gasteiger partial charge is 0.380 e. The molecule has 113 valence electrons. The third-order valence-electron chi connectivity index (χ3n) is 3.37. The first kappa shape index (κ1) is 19.0. The van der Waals surface area contributed by atoms with E-state index in [1.807, 2.05) is 25.1 Å². The van der Waals surface area contributed by atoms with E-state index in [0.717, 1.165) is 11.1 Å². The van der Waals surface area contributed by atoms with E-state index >= 15 is 0 Å². The number of pyridine rings is 1. The Morgan fingerprint density at radius 1 is 1.32 bits per heavy atom. The van der Waals surface area contributed by atoms with E-state index in [0.29, 0.717) is 18.5 Å². The van der Waals surface area contributed by atoms with Crippen LogP contribution in [0.25, 0.3) is 0 Å². The number of hydrogen-bond donors (Lipinski definition) is 2. The van der Waals surface area contributed by atoms with Gasteiger partial charge >= 0.3 is 0 Å². The van der Waals surface area contributed by atoms with Gasteiger partial charge in [0, 0.05) is 45.1 Å². The second kappa shape index (κ2) is 8.51. The molecule has 0 aliphatic carbocycles. The molecule has 0 bridgehead atoms. The summed E-state index contributed by atoms with van der Waals surface area (Å²) in [6.07, 6.45) is 4.36. The Morgan fingerprint density at radius 2 is 2.00 bits per heavy atom. The van der Waals surface area contributed by atoms with Crippen LogP contribution in [-0.2, 0) is 43.9 Å². The maximum atomic E-state index is 12.2. The number of hydrogen-bond acceptors (Lipinski definition) is 3. The van der Waals surface area contributed by atoms with Crippen molar-refractivity contribution in [2.24, 2.45) is 0 Å². The van der Waals surface area contributed by atoms with Crippen molar-refractivity contribution in [2.45, 2.75) is 32.3 Å². The van der Waals surface area contributed by atoms with E-state index in [-0.39, 0.29) is 32.7 Å². The molecule has 1 aromatic carbocycles. The number of aromatic nitrogens is 1. The summed E-state index contributed by atoms with van der Waals surface area (Å²) in [4.78, 5) is 16.1. The molecule has 0 fully saturated rings. The summed E-state index contributed by atoms with van der Waals surface area (Å²) in [6.45, 7) is 3.46. The number of aliphatic hydroxyl groups is 1. The second-order valence-electron chi connectivity index (χ2n) is 5.34. The van der Waals surface area contributed by atoms with Gasteiger partial charge in [-0.2, -0.15) is 23.8 Å². The van der Waals surface area contributed by atoms with Gasteiger partial charge in [-0.15, -0.1) is 6.07 Å².